The number of hydrogen-bond acceptors (Lipinski definition) is 3. The molecule has 2 aromatic rings. The van der Waals surface area contributed by atoms with Gasteiger partial charge in [0.25, 0.3) is 0 Å². The molecule has 0 aromatic heterocycles. The molecule has 4 heteroatoms. The maximum Gasteiger partial charge on any atom is 0.339 e. The third kappa shape index (κ3) is 3.26. The number of benzene rings is 2. The van der Waals surface area contributed by atoms with E-state index in [1.807, 2.05) is 62.6 Å². The molecule has 3 nitrogen and oxygen atoms in total. The van der Waals surface area contributed by atoms with Crippen LogP contribution in [0.15, 0.2) is 48.5 Å². The Morgan fingerprint density at radius 1 is 1.13 bits per heavy atom. The lowest BCUT2D eigenvalue weighted by molar-refractivity contribution is -0.0355. The average molecular weight is 330 g/mol. The van der Waals surface area contributed by atoms with Crippen LogP contribution in [0.5, 0.6) is 0 Å². The van der Waals surface area contributed by atoms with Gasteiger partial charge in [-0.2, -0.15) is 0 Å². The molecule has 0 unspecified atom stereocenters. The van der Waals surface area contributed by atoms with Gasteiger partial charge in [-0.25, -0.2) is 4.79 Å². The van der Waals surface area contributed by atoms with Gasteiger partial charge in [-0.1, -0.05) is 41.9 Å². The van der Waals surface area contributed by atoms with E-state index in [0.717, 1.165) is 24.1 Å². The molecule has 23 heavy (non-hydrogen) atoms. The van der Waals surface area contributed by atoms with E-state index >= 15 is 0 Å². The Hall–Kier alpha value is -1.84. The maximum absolute atomic E-state index is 12.5. The average Bonchev–Trinajstić information content (AvgIpc) is 2.53. The number of fused-ring (bicyclic) bond motifs is 1. The molecular weight excluding hydrogens is 310 g/mol. The first-order valence-electron chi connectivity index (χ1n) is 7.72. The highest BCUT2D eigenvalue weighted by Gasteiger charge is 2.41. The van der Waals surface area contributed by atoms with Crippen molar-refractivity contribution in [3.05, 3.63) is 70.2 Å². The molecule has 0 spiro atoms. The van der Waals surface area contributed by atoms with Crippen LogP contribution in [-0.2, 0) is 16.8 Å². The fourth-order valence-electron chi connectivity index (χ4n) is 3.05. The first kappa shape index (κ1) is 16.0. The number of rotatable bonds is 4. The topological polar surface area (TPSA) is 29.5 Å². The number of cyclic esters (lactones) is 1. The first-order chi connectivity index (χ1) is 11.0. The van der Waals surface area contributed by atoms with Crippen molar-refractivity contribution < 1.29 is 9.53 Å². The largest absolute Gasteiger partial charge is 0.450 e. The van der Waals surface area contributed by atoms with E-state index in [9.17, 15) is 4.79 Å². The molecule has 0 amide bonds. The molecule has 0 saturated heterocycles. The lowest BCUT2D eigenvalue weighted by Crippen LogP contribution is -2.41. The van der Waals surface area contributed by atoms with Crippen molar-refractivity contribution in [3.63, 3.8) is 0 Å². The van der Waals surface area contributed by atoms with Crippen LogP contribution >= 0.6 is 11.6 Å². The molecule has 0 bridgehead atoms. The quantitative estimate of drug-likeness (QED) is 0.797. The summed E-state index contributed by atoms with van der Waals surface area (Å²) >= 11 is 6.02. The van der Waals surface area contributed by atoms with E-state index < -0.39 is 5.60 Å². The predicted octanol–water partition coefficient (Wildman–Crippen LogP) is 3.90. The van der Waals surface area contributed by atoms with Crippen molar-refractivity contribution in [1.82, 2.24) is 4.90 Å². The molecule has 3 rings (SSSR count). The zero-order valence-corrected chi connectivity index (χ0v) is 14.1. The summed E-state index contributed by atoms with van der Waals surface area (Å²) in [6, 6.07) is 15.3. The van der Waals surface area contributed by atoms with Gasteiger partial charge in [0.05, 0.1) is 5.56 Å². The molecule has 0 radical (unpaired) electrons. The van der Waals surface area contributed by atoms with Crippen LogP contribution < -0.4 is 0 Å². The third-order valence-corrected chi connectivity index (χ3v) is 4.59. The normalized spacial score (nSPS) is 20.3. The van der Waals surface area contributed by atoms with E-state index in [4.69, 9.17) is 16.3 Å². The lowest BCUT2D eigenvalue weighted by atomic mass is 9.81. The zero-order chi connectivity index (χ0) is 16.4. The minimum atomic E-state index is -0.639. The molecule has 0 aliphatic carbocycles. The van der Waals surface area contributed by atoms with Crippen molar-refractivity contribution >= 4 is 17.6 Å². The summed E-state index contributed by atoms with van der Waals surface area (Å²) < 4.78 is 5.97. The van der Waals surface area contributed by atoms with Gasteiger partial charge in [0.2, 0.25) is 0 Å². The number of halogens is 1. The number of esters is 1. The third-order valence-electron chi connectivity index (χ3n) is 4.33. The summed E-state index contributed by atoms with van der Waals surface area (Å²) in [7, 11) is 4.04. The molecular formula is C19H20ClNO2. The maximum atomic E-state index is 12.5. The standard InChI is InChI=1S/C19H20ClNO2/c1-21(2)12-11-19(15-7-9-16(20)10-8-15)13-14-5-3-4-6-17(14)18(22)23-19/h3-10H,11-13H2,1-2H3/t19-/m0/s1. The van der Waals surface area contributed by atoms with E-state index in [1.165, 1.54) is 0 Å². The van der Waals surface area contributed by atoms with Crippen molar-refractivity contribution in [2.45, 2.75) is 18.4 Å². The van der Waals surface area contributed by atoms with Crippen LogP contribution in [-0.4, -0.2) is 31.5 Å². The number of ether oxygens (including phenoxy) is 1. The van der Waals surface area contributed by atoms with Crippen LogP contribution in [0, 0.1) is 0 Å². The lowest BCUT2D eigenvalue weighted by Gasteiger charge is -2.38. The second-order valence-electron chi connectivity index (χ2n) is 6.28. The van der Waals surface area contributed by atoms with Crippen LogP contribution in [0.3, 0.4) is 0 Å². The number of carbonyl (C=O) groups is 1. The fraction of sp³-hybridized carbons (Fsp3) is 0.316. The van der Waals surface area contributed by atoms with Crippen LogP contribution in [0.4, 0.5) is 0 Å². The molecule has 0 saturated carbocycles. The Balaban J connectivity index is 2.03. The van der Waals surface area contributed by atoms with Crippen molar-refractivity contribution in [3.8, 4) is 0 Å². The summed E-state index contributed by atoms with van der Waals surface area (Å²) in [6.07, 6.45) is 1.42. The van der Waals surface area contributed by atoms with Crippen LogP contribution in [0.1, 0.15) is 27.9 Å². The Bertz CT molecular complexity index is 712. The minimum absolute atomic E-state index is 0.249. The first-order valence-corrected chi connectivity index (χ1v) is 8.10. The second-order valence-corrected chi connectivity index (χ2v) is 6.71. The number of carbonyl (C=O) groups excluding carboxylic acids is 1. The van der Waals surface area contributed by atoms with E-state index in [1.54, 1.807) is 0 Å². The van der Waals surface area contributed by atoms with Crippen molar-refractivity contribution in [2.24, 2.45) is 0 Å². The Kier molecular flexibility index (Phi) is 4.42. The summed E-state index contributed by atoms with van der Waals surface area (Å²) in [4.78, 5) is 14.6. The summed E-state index contributed by atoms with van der Waals surface area (Å²) in [5.74, 6) is -0.249. The van der Waals surface area contributed by atoms with E-state index in [0.29, 0.717) is 17.0 Å². The Morgan fingerprint density at radius 3 is 2.52 bits per heavy atom. The van der Waals surface area contributed by atoms with Crippen LogP contribution in [0.2, 0.25) is 5.02 Å². The molecule has 1 heterocycles. The number of hydrogen-bond donors (Lipinski definition) is 0. The Morgan fingerprint density at radius 2 is 1.83 bits per heavy atom. The highest BCUT2D eigenvalue weighted by Crippen LogP contribution is 2.39. The van der Waals surface area contributed by atoms with Gasteiger partial charge >= 0.3 is 5.97 Å². The van der Waals surface area contributed by atoms with Gasteiger partial charge in [0.15, 0.2) is 0 Å². The molecule has 120 valence electrons. The van der Waals surface area contributed by atoms with Gasteiger partial charge in [-0.05, 0) is 43.4 Å². The highest BCUT2D eigenvalue weighted by atomic mass is 35.5. The molecule has 0 N–H and O–H groups in total. The minimum Gasteiger partial charge on any atom is -0.450 e. The van der Waals surface area contributed by atoms with Gasteiger partial charge < -0.3 is 9.64 Å². The molecule has 1 aliphatic heterocycles. The van der Waals surface area contributed by atoms with Crippen molar-refractivity contribution in [1.29, 1.82) is 0 Å². The SMILES string of the molecule is CN(C)CC[C@@]1(c2ccc(Cl)cc2)Cc2ccccc2C(=O)O1. The van der Waals surface area contributed by atoms with E-state index in [2.05, 4.69) is 4.90 Å². The van der Waals surface area contributed by atoms with Gasteiger partial charge in [-0.3, -0.25) is 0 Å². The summed E-state index contributed by atoms with van der Waals surface area (Å²) in [5.41, 5.74) is 2.06. The molecule has 1 aliphatic rings. The van der Waals surface area contributed by atoms with Crippen molar-refractivity contribution in [2.75, 3.05) is 20.6 Å². The fourth-order valence-corrected chi connectivity index (χ4v) is 3.18. The summed E-state index contributed by atoms with van der Waals surface area (Å²) in [6.45, 7) is 0.831. The van der Waals surface area contributed by atoms with Gasteiger partial charge in [0, 0.05) is 24.4 Å². The summed E-state index contributed by atoms with van der Waals surface area (Å²) in [5, 5.41) is 0.680. The predicted molar refractivity (Wildman–Crippen MR) is 91.9 cm³/mol. The van der Waals surface area contributed by atoms with E-state index in [-0.39, 0.29) is 5.97 Å². The Labute approximate surface area is 141 Å². The number of nitrogens with zero attached hydrogens (tertiary/aromatic N) is 1. The zero-order valence-electron chi connectivity index (χ0n) is 13.4. The van der Waals surface area contributed by atoms with Gasteiger partial charge in [-0.15, -0.1) is 0 Å². The molecule has 2 aromatic carbocycles. The van der Waals surface area contributed by atoms with Crippen LogP contribution in [0.25, 0.3) is 0 Å². The monoisotopic (exact) mass is 329 g/mol. The smallest absolute Gasteiger partial charge is 0.339 e. The van der Waals surface area contributed by atoms with Gasteiger partial charge in [0.1, 0.15) is 5.60 Å². The second kappa shape index (κ2) is 6.34. The highest BCUT2D eigenvalue weighted by molar-refractivity contribution is 6.30. The molecule has 0 fully saturated rings. The molecule has 1 atom stereocenters.